The highest BCUT2D eigenvalue weighted by Gasteiger charge is 2.24. The number of fused-ring (bicyclic) bond motifs is 2. The molecular formula is C24H19N5O4S2. The van der Waals surface area contributed by atoms with Crippen LogP contribution in [0.3, 0.4) is 0 Å². The van der Waals surface area contributed by atoms with E-state index in [2.05, 4.69) is 15.4 Å². The number of anilines is 1. The minimum absolute atomic E-state index is 0.0146. The van der Waals surface area contributed by atoms with Crippen molar-refractivity contribution >= 4 is 56.3 Å². The molecule has 9 nitrogen and oxygen atoms in total. The molecule has 0 spiro atoms. The van der Waals surface area contributed by atoms with Gasteiger partial charge in [-0.25, -0.2) is 4.98 Å². The van der Waals surface area contributed by atoms with Crippen LogP contribution in [0.5, 0.6) is 0 Å². The summed E-state index contributed by atoms with van der Waals surface area (Å²) in [4.78, 5) is 42.4. The van der Waals surface area contributed by atoms with Gasteiger partial charge in [0.15, 0.2) is 5.16 Å². The first-order chi connectivity index (χ1) is 16.7. The van der Waals surface area contributed by atoms with E-state index in [9.17, 15) is 19.7 Å². The number of thiophene rings is 1. The monoisotopic (exact) mass is 505 g/mol. The normalized spacial score (nSPS) is 12.8. The Bertz CT molecular complexity index is 1600. The lowest BCUT2D eigenvalue weighted by atomic mass is 10.1. The average molecular weight is 506 g/mol. The fraction of sp³-hybridized carbons (Fsp3) is 0.167. The highest BCUT2D eigenvalue weighted by Crippen LogP contribution is 2.31. The summed E-state index contributed by atoms with van der Waals surface area (Å²) in [5, 5.41) is 19.1. The van der Waals surface area contributed by atoms with Crippen molar-refractivity contribution in [1.82, 2.24) is 9.66 Å². The maximum atomic E-state index is 13.4. The average Bonchev–Trinajstić information content (AvgIpc) is 3.15. The van der Waals surface area contributed by atoms with E-state index in [0.29, 0.717) is 48.5 Å². The molecule has 1 aliphatic rings. The summed E-state index contributed by atoms with van der Waals surface area (Å²) in [7, 11) is 0. The minimum atomic E-state index is -0.463. The third kappa shape index (κ3) is 4.24. The summed E-state index contributed by atoms with van der Waals surface area (Å²) in [6.07, 6.45) is 0. The second kappa shape index (κ2) is 8.75. The number of thioether (sulfide) groups is 1. The summed E-state index contributed by atoms with van der Waals surface area (Å²) < 4.78 is 1.25. The number of aromatic nitrogens is 2. The van der Waals surface area contributed by atoms with Crippen molar-refractivity contribution in [2.45, 2.75) is 25.9 Å². The van der Waals surface area contributed by atoms with Gasteiger partial charge in [-0.05, 0) is 67.3 Å². The number of rotatable bonds is 4. The molecule has 2 aromatic heterocycles. The Morgan fingerprint density at radius 1 is 1.11 bits per heavy atom. The van der Waals surface area contributed by atoms with Crippen molar-refractivity contribution in [2.24, 2.45) is 5.10 Å². The second-order valence-electron chi connectivity index (χ2n) is 8.22. The number of hydrogen-bond donors (Lipinski definition) is 1. The molecule has 35 heavy (non-hydrogen) atoms. The van der Waals surface area contributed by atoms with E-state index in [1.54, 1.807) is 19.1 Å². The van der Waals surface area contributed by atoms with Gasteiger partial charge in [0.2, 0.25) is 0 Å². The molecule has 0 aliphatic carbocycles. The van der Waals surface area contributed by atoms with Crippen molar-refractivity contribution in [3.05, 3.63) is 90.1 Å². The lowest BCUT2D eigenvalue weighted by Gasteiger charge is -2.15. The van der Waals surface area contributed by atoms with Gasteiger partial charge >= 0.3 is 0 Å². The van der Waals surface area contributed by atoms with Crippen molar-refractivity contribution < 1.29 is 9.72 Å². The van der Waals surface area contributed by atoms with Crippen molar-refractivity contribution in [3.8, 4) is 0 Å². The Morgan fingerprint density at radius 3 is 2.46 bits per heavy atom. The molecule has 4 aromatic rings. The fourth-order valence-electron chi connectivity index (χ4n) is 3.99. The van der Waals surface area contributed by atoms with E-state index >= 15 is 0 Å². The summed E-state index contributed by atoms with van der Waals surface area (Å²) in [6, 6.07) is 11.9. The van der Waals surface area contributed by atoms with Crippen molar-refractivity contribution in [3.63, 3.8) is 0 Å². The van der Waals surface area contributed by atoms with Gasteiger partial charge in [-0.2, -0.15) is 9.78 Å². The maximum Gasteiger partial charge on any atom is 0.283 e. The second-order valence-corrected chi connectivity index (χ2v) is 10.2. The number of nitro benzene ring substituents is 1. The third-order valence-corrected chi connectivity index (χ3v) is 7.69. The zero-order valence-electron chi connectivity index (χ0n) is 19.0. The van der Waals surface area contributed by atoms with Crippen LogP contribution in [0.25, 0.3) is 10.2 Å². The molecule has 1 aliphatic heterocycles. The molecule has 0 atom stereocenters. The molecule has 0 radical (unpaired) electrons. The van der Waals surface area contributed by atoms with Crippen LogP contribution >= 0.6 is 23.1 Å². The Kier molecular flexibility index (Phi) is 5.73. The van der Waals surface area contributed by atoms with E-state index in [4.69, 9.17) is 0 Å². The molecule has 0 fully saturated rings. The van der Waals surface area contributed by atoms with E-state index in [-0.39, 0.29) is 17.2 Å². The predicted octanol–water partition coefficient (Wildman–Crippen LogP) is 4.90. The first kappa shape index (κ1) is 22.9. The van der Waals surface area contributed by atoms with Crippen LogP contribution in [0.1, 0.15) is 31.9 Å². The van der Waals surface area contributed by atoms with E-state index < -0.39 is 4.92 Å². The van der Waals surface area contributed by atoms with Crippen molar-refractivity contribution in [2.75, 3.05) is 11.1 Å². The largest absolute Gasteiger partial charge is 0.321 e. The van der Waals surface area contributed by atoms with Gasteiger partial charge in [-0.3, -0.25) is 19.7 Å². The number of amides is 1. The van der Waals surface area contributed by atoms with Crippen LogP contribution in [0, 0.1) is 30.9 Å². The van der Waals surface area contributed by atoms with Crippen LogP contribution in [0.15, 0.2) is 57.5 Å². The number of nitro groups is 1. The van der Waals surface area contributed by atoms with Crippen LogP contribution in [0.4, 0.5) is 11.4 Å². The van der Waals surface area contributed by atoms with Crippen LogP contribution in [-0.4, -0.2) is 32.0 Å². The summed E-state index contributed by atoms with van der Waals surface area (Å²) >= 11 is 2.54. The Labute approximate surface area is 207 Å². The Balaban J connectivity index is 1.53. The molecular weight excluding hydrogens is 486 g/mol. The molecule has 0 saturated carbocycles. The van der Waals surface area contributed by atoms with Gasteiger partial charge in [-0.1, -0.05) is 17.8 Å². The van der Waals surface area contributed by atoms with Crippen LogP contribution in [0.2, 0.25) is 0 Å². The number of aryl methyl sites for hydroxylation is 3. The number of benzene rings is 2. The number of nitrogens with one attached hydrogen (secondary N) is 1. The lowest BCUT2D eigenvalue weighted by Crippen LogP contribution is -2.25. The first-order valence-electron chi connectivity index (χ1n) is 10.6. The maximum absolute atomic E-state index is 13.4. The zero-order chi connectivity index (χ0) is 24.9. The third-order valence-electron chi connectivity index (χ3n) is 5.57. The molecule has 0 bridgehead atoms. The standard InChI is InChI=1S/C24H19N5O4S2/c1-12-8-13(2)10-16(9-12)25-21(30)20-14(3)19-22(35-20)26-24-28(23(19)31)27-18(11-34-24)15-4-6-17(7-5-15)29(32)33/h4-10H,11H2,1-3H3,(H,25,30). The van der Waals surface area contributed by atoms with Gasteiger partial charge in [0.25, 0.3) is 17.2 Å². The number of nitrogens with zero attached hydrogens (tertiary/aromatic N) is 4. The molecule has 2 aromatic carbocycles. The van der Waals surface area contributed by atoms with E-state index in [1.807, 2.05) is 32.0 Å². The van der Waals surface area contributed by atoms with Crippen LogP contribution in [-0.2, 0) is 0 Å². The fourth-order valence-corrected chi connectivity index (χ4v) is 6.00. The SMILES string of the molecule is Cc1cc(C)cc(NC(=O)c2sc3nc4n(c(=O)c3c2C)N=C(c2ccc([N+](=O)[O-])cc2)CS4)c1. The van der Waals surface area contributed by atoms with Gasteiger partial charge in [0.05, 0.1) is 20.9 Å². The topological polar surface area (TPSA) is 119 Å². The van der Waals surface area contributed by atoms with Gasteiger partial charge in [0, 0.05) is 23.6 Å². The molecule has 0 unspecified atom stereocenters. The molecule has 3 heterocycles. The van der Waals surface area contributed by atoms with E-state index in [0.717, 1.165) is 11.1 Å². The number of carbonyl (C=O) groups is 1. The van der Waals surface area contributed by atoms with Crippen molar-refractivity contribution in [1.29, 1.82) is 0 Å². The van der Waals surface area contributed by atoms with E-state index in [1.165, 1.54) is 39.9 Å². The molecule has 0 saturated heterocycles. The quantitative estimate of drug-likeness (QED) is 0.239. The predicted molar refractivity (Wildman–Crippen MR) is 138 cm³/mol. The highest BCUT2D eigenvalue weighted by molar-refractivity contribution is 7.99. The Morgan fingerprint density at radius 2 is 1.80 bits per heavy atom. The van der Waals surface area contributed by atoms with Crippen LogP contribution < -0.4 is 10.9 Å². The Hall–Kier alpha value is -3.83. The summed E-state index contributed by atoms with van der Waals surface area (Å²) in [5.41, 5.74) is 4.27. The van der Waals surface area contributed by atoms with Gasteiger partial charge in [-0.15, -0.1) is 11.3 Å². The summed E-state index contributed by atoms with van der Waals surface area (Å²) in [5.74, 6) is 0.167. The highest BCUT2D eigenvalue weighted by atomic mass is 32.2. The number of hydrogen-bond acceptors (Lipinski definition) is 8. The first-order valence-corrected chi connectivity index (χ1v) is 12.4. The zero-order valence-corrected chi connectivity index (χ0v) is 20.6. The molecule has 5 rings (SSSR count). The number of carbonyl (C=O) groups excluding carboxylic acids is 1. The van der Waals surface area contributed by atoms with Gasteiger partial charge in [0.1, 0.15) is 4.83 Å². The molecule has 176 valence electrons. The molecule has 1 N–H and O–H groups in total. The molecule has 11 heteroatoms. The molecule has 1 amide bonds. The lowest BCUT2D eigenvalue weighted by molar-refractivity contribution is -0.384. The summed E-state index contributed by atoms with van der Waals surface area (Å²) in [6.45, 7) is 5.67. The smallest absolute Gasteiger partial charge is 0.283 e. The minimum Gasteiger partial charge on any atom is -0.321 e. The van der Waals surface area contributed by atoms with Gasteiger partial charge < -0.3 is 5.32 Å². The number of non-ortho nitro benzene ring substituents is 1.